The minimum Gasteiger partial charge on any atom is -0.314 e. The molecule has 0 aliphatic heterocycles. The van der Waals surface area contributed by atoms with E-state index in [-0.39, 0.29) is 5.78 Å². The van der Waals surface area contributed by atoms with Crippen LogP contribution in [-0.2, 0) is 0 Å². The average molecular weight is 219 g/mol. The molecule has 0 aliphatic carbocycles. The topological polar surface area (TPSA) is 29.1 Å². The van der Waals surface area contributed by atoms with Gasteiger partial charge >= 0.3 is 0 Å². The Kier molecular flexibility index (Phi) is 4.69. The van der Waals surface area contributed by atoms with Crippen molar-refractivity contribution in [2.24, 2.45) is 0 Å². The third-order valence-corrected chi connectivity index (χ3v) is 2.59. The fourth-order valence-corrected chi connectivity index (χ4v) is 1.74. The Bertz CT molecular complexity index is 369. The molecular weight excluding hydrogens is 198 g/mol. The van der Waals surface area contributed by atoms with Crippen molar-refractivity contribution in [3.8, 4) is 0 Å². The zero-order valence-corrected chi connectivity index (χ0v) is 10.6. The van der Waals surface area contributed by atoms with Gasteiger partial charge in [0.25, 0.3) is 0 Å². The molecule has 0 spiro atoms. The molecule has 1 aromatic rings. The van der Waals surface area contributed by atoms with Gasteiger partial charge in [0.2, 0.25) is 0 Å². The highest BCUT2D eigenvalue weighted by Crippen LogP contribution is 2.12. The largest absolute Gasteiger partial charge is 0.314 e. The third kappa shape index (κ3) is 3.78. The minimum absolute atomic E-state index is 0.227. The van der Waals surface area contributed by atoms with Gasteiger partial charge in [0.05, 0.1) is 0 Å². The van der Waals surface area contributed by atoms with Crippen LogP contribution in [0, 0.1) is 13.8 Å². The van der Waals surface area contributed by atoms with Crippen LogP contribution in [0.15, 0.2) is 18.2 Å². The van der Waals surface area contributed by atoms with Gasteiger partial charge in [-0.05, 0) is 19.4 Å². The molecule has 0 saturated carbocycles. The van der Waals surface area contributed by atoms with Crippen LogP contribution in [0.5, 0.6) is 0 Å². The van der Waals surface area contributed by atoms with Gasteiger partial charge in [-0.25, -0.2) is 0 Å². The number of ketones is 1. The van der Waals surface area contributed by atoms with Gasteiger partial charge in [-0.1, -0.05) is 37.6 Å². The highest BCUT2D eigenvalue weighted by molar-refractivity contribution is 5.97. The van der Waals surface area contributed by atoms with Crippen molar-refractivity contribution < 1.29 is 4.79 Å². The number of Topliss-reactive ketones (excluding diaryl/α,β-unsaturated/α-hetero) is 1. The van der Waals surface area contributed by atoms with Gasteiger partial charge in [-0.15, -0.1) is 0 Å². The second-order valence-electron chi connectivity index (χ2n) is 4.60. The van der Waals surface area contributed by atoms with Crippen molar-refractivity contribution >= 4 is 5.78 Å². The van der Waals surface area contributed by atoms with E-state index >= 15 is 0 Å². The highest BCUT2D eigenvalue weighted by Gasteiger charge is 2.08. The molecule has 16 heavy (non-hydrogen) atoms. The number of carbonyl (C=O) groups is 1. The zero-order valence-electron chi connectivity index (χ0n) is 10.6. The van der Waals surface area contributed by atoms with E-state index in [2.05, 4.69) is 25.2 Å². The predicted octanol–water partition coefficient (Wildman–Crippen LogP) is 2.87. The van der Waals surface area contributed by atoms with Crippen molar-refractivity contribution in [2.45, 2.75) is 40.2 Å². The molecule has 0 aromatic heterocycles. The van der Waals surface area contributed by atoms with Crippen LogP contribution in [0.3, 0.4) is 0 Å². The molecule has 0 bridgehead atoms. The Labute approximate surface area is 98.1 Å². The Balaban J connectivity index is 2.59. The standard InChI is InChI=1S/C14H21NO/c1-10(2)15-8-7-14(16)13-6-5-11(3)9-12(13)4/h5-6,9-10,15H,7-8H2,1-4H3. The third-order valence-electron chi connectivity index (χ3n) is 2.59. The molecule has 0 atom stereocenters. The quantitative estimate of drug-likeness (QED) is 0.771. The number of rotatable bonds is 5. The summed E-state index contributed by atoms with van der Waals surface area (Å²) in [5.74, 6) is 0.227. The predicted molar refractivity (Wildman–Crippen MR) is 68.0 cm³/mol. The van der Waals surface area contributed by atoms with E-state index in [0.717, 1.165) is 17.7 Å². The highest BCUT2D eigenvalue weighted by atomic mass is 16.1. The summed E-state index contributed by atoms with van der Waals surface area (Å²) in [5, 5.41) is 3.26. The summed E-state index contributed by atoms with van der Waals surface area (Å²) in [6.07, 6.45) is 0.572. The van der Waals surface area contributed by atoms with E-state index in [1.165, 1.54) is 5.56 Å². The van der Waals surface area contributed by atoms with Crippen LogP contribution >= 0.6 is 0 Å². The second kappa shape index (κ2) is 5.80. The fourth-order valence-electron chi connectivity index (χ4n) is 1.74. The number of aryl methyl sites for hydroxylation is 2. The molecule has 2 heteroatoms. The van der Waals surface area contributed by atoms with Crippen LogP contribution in [-0.4, -0.2) is 18.4 Å². The Morgan fingerprint density at radius 1 is 1.31 bits per heavy atom. The van der Waals surface area contributed by atoms with Crippen molar-refractivity contribution in [3.05, 3.63) is 34.9 Å². The van der Waals surface area contributed by atoms with Gasteiger partial charge < -0.3 is 5.32 Å². The molecule has 0 saturated heterocycles. The second-order valence-corrected chi connectivity index (χ2v) is 4.60. The SMILES string of the molecule is Cc1ccc(C(=O)CCNC(C)C)c(C)c1. The molecule has 88 valence electrons. The summed E-state index contributed by atoms with van der Waals surface area (Å²) in [5.41, 5.74) is 3.14. The maximum absolute atomic E-state index is 11.9. The lowest BCUT2D eigenvalue weighted by atomic mass is 10.0. The maximum Gasteiger partial charge on any atom is 0.164 e. The Morgan fingerprint density at radius 3 is 2.56 bits per heavy atom. The van der Waals surface area contributed by atoms with E-state index in [9.17, 15) is 4.79 Å². The first-order valence-electron chi connectivity index (χ1n) is 5.84. The molecule has 1 rings (SSSR count). The summed E-state index contributed by atoms with van der Waals surface area (Å²) >= 11 is 0. The summed E-state index contributed by atoms with van der Waals surface area (Å²) in [6.45, 7) is 8.96. The number of carbonyl (C=O) groups excluding carboxylic acids is 1. The summed E-state index contributed by atoms with van der Waals surface area (Å²) in [7, 11) is 0. The number of benzene rings is 1. The molecule has 0 unspecified atom stereocenters. The molecule has 0 fully saturated rings. The van der Waals surface area contributed by atoms with Crippen LogP contribution in [0.1, 0.15) is 41.8 Å². The number of nitrogens with one attached hydrogen (secondary N) is 1. The van der Waals surface area contributed by atoms with Crippen molar-refractivity contribution in [1.82, 2.24) is 5.32 Å². The van der Waals surface area contributed by atoms with E-state index in [4.69, 9.17) is 0 Å². The van der Waals surface area contributed by atoms with Gasteiger partial charge in [-0.3, -0.25) is 4.79 Å². The molecule has 0 radical (unpaired) electrons. The van der Waals surface area contributed by atoms with Crippen LogP contribution in [0.4, 0.5) is 0 Å². The van der Waals surface area contributed by atoms with E-state index in [0.29, 0.717) is 12.5 Å². The summed E-state index contributed by atoms with van der Waals surface area (Å²) in [6, 6.07) is 6.42. The normalized spacial score (nSPS) is 10.8. The van der Waals surface area contributed by atoms with Crippen LogP contribution < -0.4 is 5.32 Å². The van der Waals surface area contributed by atoms with Crippen molar-refractivity contribution in [2.75, 3.05) is 6.54 Å². The molecule has 0 heterocycles. The minimum atomic E-state index is 0.227. The Morgan fingerprint density at radius 2 is 2.00 bits per heavy atom. The lowest BCUT2D eigenvalue weighted by Crippen LogP contribution is -2.25. The molecular formula is C14H21NO. The molecule has 2 nitrogen and oxygen atoms in total. The van der Waals surface area contributed by atoms with Crippen molar-refractivity contribution in [1.29, 1.82) is 0 Å². The monoisotopic (exact) mass is 219 g/mol. The van der Waals surface area contributed by atoms with Crippen LogP contribution in [0.2, 0.25) is 0 Å². The Hall–Kier alpha value is -1.15. The first-order chi connectivity index (χ1) is 7.50. The van der Waals surface area contributed by atoms with E-state index < -0.39 is 0 Å². The smallest absolute Gasteiger partial charge is 0.164 e. The van der Waals surface area contributed by atoms with Gasteiger partial charge in [0.15, 0.2) is 5.78 Å². The van der Waals surface area contributed by atoms with E-state index in [1.807, 2.05) is 26.0 Å². The molecule has 1 N–H and O–H groups in total. The van der Waals surface area contributed by atoms with Gasteiger partial charge in [0, 0.05) is 24.6 Å². The first-order valence-corrected chi connectivity index (χ1v) is 5.84. The molecule has 1 aromatic carbocycles. The average Bonchev–Trinajstić information content (AvgIpc) is 2.16. The molecule has 0 aliphatic rings. The van der Waals surface area contributed by atoms with Crippen molar-refractivity contribution in [3.63, 3.8) is 0 Å². The van der Waals surface area contributed by atoms with Crippen LogP contribution in [0.25, 0.3) is 0 Å². The zero-order chi connectivity index (χ0) is 12.1. The van der Waals surface area contributed by atoms with Gasteiger partial charge in [0.1, 0.15) is 0 Å². The maximum atomic E-state index is 11.9. The lowest BCUT2D eigenvalue weighted by Gasteiger charge is -2.09. The summed E-state index contributed by atoms with van der Waals surface area (Å²) < 4.78 is 0. The molecule has 0 amide bonds. The fraction of sp³-hybridized carbons (Fsp3) is 0.500. The first kappa shape index (κ1) is 12.9. The lowest BCUT2D eigenvalue weighted by molar-refractivity contribution is 0.0981. The summed E-state index contributed by atoms with van der Waals surface area (Å²) in [4.78, 5) is 11.9. The van der Waals surface area contributed by atoms with Gasteiger partial charge in [-0.2, -0.15) is 0 Å². The number of hydrogen-bond donors (Lipinski definition) is 1. The van der Waals surface area contributed by atoms with E-state index in [1.54, 1.807) is 0 Å². The number of hydrogen-bond acceptors (Lipinski definition) is 2.